The molecule has 8 nitrogen and oxygen atoms in total. The Morgan fingerprint density at radius 3 is 2.49 bits per heavy atom. The van der Waals surface area contributed by atoms with E-state index in [1.54, 1.807) is 9.58 Å². The maximum atomic E-state index is 14.3. The first kappa shape index (κ1) is 23.2. The molecule has 0 spiro atoms. The summed E-state index contributed by atoms with van der Waals surface area (Å²) in [5.41, 5.74) is 4.15. The quantitative estimate of drug-likeness (QED) is 0.422. The third-order valence-electron chi connectivity index (χ3n) is 7.23. The highest BCUT2D eigenvalue weighted by Gasteiger charge is 2.37. The monoisotopic (exact) mass is 495 g/mol. The smallest absolute Gasteiger partial charge is 0.265 e. The Kier molecular flexibility index (Phi) is 5.87. The van der Waals surface area contributed by atoms with Crippen LogP contribution in [0.25, 0.3) is 22.3 Å². The number of amides is 2. The van der Waals surface area contributed by atoms with Crippen molar-refractivity contribution in [3.05, 3.63) is 71.9 Å². The number of nitrogens with zero attached hydrogens (tertiary/aromatic N) is 5. The fraction of sp³-hybridized carbons (Fsp3) is 0.310. The Bertz CT molecular complexity index is 1490. The fourth-order valence-corrected chi connectivity index (χ4v) is 5.39. The molecule has 2 aromatic heterocycles. The lowest BCUT2D eigenvalue weighted by atomic mass is 10.0. The minimum Gasteiger partial charge on any atom is -0.476 e. The number of hydrogen-bond donors (Lipinski definition) is 0. The highest BCUT2D eigenvalue weighted by molar-refractivity contribution is 6.15. The summed E-state index contributed by atoms with van der Waals surface area (Å²) in [5, 5.41) is 5.28. The number of anilines is 1. The zero-order chi connectivity index (χ0) is 25.5. The van der Waals surface area contributed by atoms with E-state index in [9.17, 15) is 9.59 Å². The summed E-state index contributed by atoms with van der Waals surface area (Å²) < 4.78 is 7.87. The summed E-state index contributed by atoms with van der Waals surface area (Å²) in [6.07, 6.45) is 2.37. The Morgan fingerprint density at radius 1 is 0.973 bits per heavy atom. The number of para-hydroxylation sites is 2. The maximum Gasteiger partial charge on any atom is 0.265 e. The number of hydrogen-bond acceptors (Lipinski definition) is 5. The van der Waals surface area contributed by atoms with E-state index in [-0.39, 0.29) is 18.4 Å². The second-order valence-corrected chi connectivity index (χ2v) is 9.70. The lowest BCUT2D eigenvalue weighted by molar-refractivity contribution is -0.139. The Labute approximate surface area is 215 Å². The van der Waals surface area contributed by atoms with Gasteiger partial charge in [0.05, 0.1) is 34.6 Å². The van der Waals surface area contributed by atoms with Crippen molar-refractivity contribution < 1.29 is 14.3 Å². The third-order valence-corrected chi connectivity index (χ3v) is 7.23. The summed E-state index contributed by atoms with van der Waals surface area (Å²) in [4.78, 5) is 36.2. The van der Waals surface area contributed by atoms with Gasteiger partial charge in [-0.1, -0.05) is 42.5 Å². The van der Waals surface area contributed by atoms with E-state index in [4.69, 9.17) is 9.72 Å². The van der Waals surface area contributed by atoms with E-state index in [1.807, 2.05) is 79.5 Å². The van der Waals surface area contributed by atoms with Gasteiger partial charge in [0.2, 0.25) is 0 Å². The summed E-state index contributed by atoms with van der Waals surface area (Å²) in [7, 11) is 1.84. The lowest BCUT2D eigenvalue weighted by Crippen LogP contribution is -2.52. The first-order chi connectivity index (χ1) is 18.0. The summed E-state index contributed by atoms with van der Waals surface area (Å²) in [6, 6.07) is 19.1. The normalized spacial score (nSPS) is 17.4. The van der Waals surface area contributed by atoms with E-state index in [0.29, 0.717) is 28.3 Å². The summed E-state index contributed by atoms with van der Waals surface area (Å²) in [6.45, 7) is 3.50. The van der Waals surface area contributed by atoms with Gasteiger partial charge in [0.1, 0.15) is 5.75 Å². The van der Waals surface area contributed by atoms with E-state index in [2.05, 4.69) is 5.10 Å². The highest BCUT2D eigenvalue weighted by Crippen LogP contribution is 2.36. The molecule has 0 N–H and O–H groups in total. The van der Waals surface area contributed by atoms with Crippen LogP contribution in [0.15, 0.2) is 60.7 Å². The average molecular weight is 496 g/mol. The number of ether oxygens (including phenoxy) is 1. The number of likely N-dealkylation sites (tertiary alicyclic amines) is 1. The molecule has 188 valence electrons. The van der Waals surface area contributed by atoms with Crippen LogP contribution in [0.3, 0.4) is 0 Å². The second kappa shape index (κ2) is 9.35. The van der Waals surface area contributed by atoms with Crippen molar-refractivity contribution in [3.8, 4) is 17.0 Å². The van der Waals surface area contributed by atoms with Crippen molar-refractivity contribution in [1.82, 2.24) is 19.7 Å². The van der Waals surface area contributed by atoms with Crippen molar-refractivity contribution in [2.45, 2.75) is 32.3 Å². The average Bonchev–Trinajstić information content (AvgIpc) is 3.25. The summed E-state index contributed by atoms with van der Waals surface area (Å²) >= 11 is 0. The predicted molar refractivity (Wildman–Crippen MR) is 142 cm³/mol. The van der Waals surface area contributed by atoms with Crippen LogP contribution in [0.4, 0.5) is 5.69 Å². The van der Waals surface area contributed by atoms with Crippen LogP contribution in [0, 0.1) is 6.92 Å². The number of rotatable bonds is 3. The minimum absolute atomic E-state index is 0.0607. The van der Waals surface area contributed by atoms with Gasteiger partial charge in [-0.25, -0.2) is 4.98 Å². The maximum absolute atomic E-state index is 14.3. The van der Waals surface area contributed by atoms with Crippen LogP contribution in [0.1, 0.15) is 35.3 Å². The second-order valence-electron chi connectivity index (χ2n) is 9.70. The lowest BCUT2D eigenvalue weighted by Gasteiger charge is -2.37. The first-order valence-electron chi connectivity index (χ1n) is 12.8. The molecular formula is C29H29N5O3. The topological polar surface area (TPSA) is 80.6 Å². The van der Waals surface area contributed by atoms with Gasteiger partial charge >= 0.3 is 0 Å². The molecule has 1 unspecified atom stereocenters. The van der Waals surface area contributed by atoms with Crippen molar-refractivity contribution in [1.29, 1.82) is 0 Å². The van der Waals surface area contributed by atoms with Gasteiger partial charge in [-0.05, 0) is 44.4 Å². The number of fused-ring (bicyclic) bond motifs is 2. The molecule has 6 rings (SSSR count). The molecule has 4 aromatic rings. The number of carbonyl (C=O) groups is 2. The van der Waals surface area contributed by atoms with Gasteiger partial charge in [-0.3, -0.25) is 14.3 Å². The van der Waals surface area contributed by atoms with Crippen LogP contribution in [-0.2, 0) is 11.8 Å². The molecule has 4 heterocycles. The highest BCUT2D eigenvalue weighted by atomic mass is 16.5. The summed E-state index contributed by atoms with van der Waals surface area (Å²) in [5.74, 6) is 0.274. The van der Waals surface area contributed by atoms with Crippen LogP contribution in [0.5, 0.6) is 5.75 Å². The van der Waals surface area contributed by atoms with Crippen molar-refractivity contribution in [2.75, 3.05) is 24.5 Å². The van der Waals surface area contributed by atoms with Crippen molar-refractivity contribution in [2.24, 2.45) is 7.05 Å². The zero-order valence-electron chi connectivity index (χ0n) is 21.1. The Morgan fingerprint density at radius 2 is 1.70 bits per heavy atom. The first-order valence-corrected chi connectivity index (χ1v) is 12.8. The predicted octanol–water partition coefficient (Wildman–Crippen LogP) is 4.36. The Balaban J connectivity index is 1.45. The van der Waals surface area contributed by atoms with Crippen molar-refractivity contribution >= 4 is 28.5 Å². The SMILES string of the molecule is Cc1nn(C)c2nc(-c3ccccc3)cc(C(=O)N3CC(C(=O)N4CCCCC4)Oc4ccccc43)c12. The van der Waals surface area contributed by atoms with E-state index in [1.165, 1.54) is 0 Å². The van der Waals surface area contributed by atoms with E-state index < -0.39 is 6.10 Å². The van der Waals surface area contributed by atoms with Crippen LogP contribution < -0.4 is 9.64 Å². The molecule has 2 amide bonds. The van der Waals surface area contributed by atoms with Gasteiger partial charge in [0, 0.05) is 25.7 Å². The molecule has 1 fully saturated rings. The van der Waals surface area contributed by atoms with Gasteiger partial charge < -0.3 is 14.5 Å². The molecule has 8 heteroatoms. The molecule has 1 saturated heterocycles. The zero-order valence-corrected chi connectivity index (χ0v) is 21.1. The molecule has 37 heavy (non-hydrogen) atoms. The van der Waals surface area contributed by atoms with Gasteiger partial charge in [-0.2, -0.15) is 5.10 Å². The van der Waals surface area contributed by atoms with Crippen LogP contribution >= 0.6 is 0 Å². The minimum atomic E-state index is -0.752. The molecule has 2 aliphatic heterocycles. The molecule has 0 saturated carbocycles. The van der Waals surface area contributed by atoms with E-state index >= 15 is 0 Å². The van der Waals surface area contributed by atoms with Crippen LogP contribution in [-0.4, -0.2) is 57.2 Å². The number of benzene rings is 2. The van der Waals surface area contributed by atoms with E-state index in [0.717, 1.165) is 49.0 Å². The van der Waals surface area contributed by atoms with Gasteiger partial charge in [0.25, 0.3) is 11.8 Å². The standard InChI is InChI=1S/C29H29N5O3/c1-19-26-21(17-22(20-11-5-3-6-12-20)30-27(26)32(2)31-19)28(35)34-18-25(29(36)33-15-9-4-10-16-33)37-24-14-8-7-13-23(24)34/h3,5-8,11-14,17,25H,4,9-10,15-16,18H2,1-2H3. The van der Waals surface area contributed by atoms with Gasteiger partial charge in [-0.15, -0.1) is 0 Å². The molecular weight excluding hydrogens is 466 g/mol. The molecule has 0 radical (unpaired) electrons. The molecule has 0 aliphatic carbocycles. The van der Waals surface area contributed by atoms with Crippen LogP contribution in [0.2, 0.25) is 0 Å². The number of aromatic nitrogens is 3. The number of pyridine rings is 1. The molecule has 0 bridgehead atoms. The Hall–Kier alpha value is -4.20. The van der Waals surface area contributed by atoms with Gasteiger partial charge in [0.15, 0.2) is 11.8 Å². The molecule has 1 atom stereocenters. The third kappa shape index (κ3) is 4.12. The number of aryl methyl sites for hydroxylation is 2. The fourth-order valence-electron chi connectivity index (χ4n) is 5.39. The molecule has 2 aliphatic rings. The number of piperidine rings is 1. The number of carbonyl (C=O) groups excluding carboxylic acids is 2. The largest absolute Gasteiger partial charge is 0.476 e. The molecule has 2 aromatic carbocycles. The van der Waals surface area contributed by atoms with Crippen molar-refractivity contribution in [3.63, 3.8) is 0 Å².